The maximum absolute atomic E-state index is 10.6. The van der Waals surface area contributed by atoms with E-state index in [2.05, 4.69) is 35.9 Å². The van der Waals surface area contributed by atoms with Gasteiger partial charge < -0.3 is 10.1 Å². The molecule has 0 aliphatic heterocycles. The lowest BCUT2D eigenvalue weighted by Crippen LogP contribution is -2.07. The normalized spacial score (nSPS) is 12.8. The predicted octanol–water partition coefficient (Wildman–Crippen LogP) is 2.83. The summed E-state index contributed by atoms with van der Waals surface area (Å²) in [7, 11) is 0. The van der Waals surface area contributed by atoms with E-state index in [1.807, 2.05) is 6.92 Å². The van der Waals surface area contributed by atoms with Gasteiger partial charge in [0.05, 0.1) is 11.0 Å². The summed E-state index contributed by atoms with van der Waals surface area (Å²) < 4.78 is 0. The Labute approximate surface area is 106 Å². The minimum atomic E-state index is -0.759. The van der Waals surface area contributed by atoms with Gasteiger partial charge in [0, 0.05) is 12.8 Å². The highest BCUT2D eigenvalue weighted by Gasteiger charge is 2.11. The lowest BCUT2D eigenvalue weighted by Gasteiger charge is -2.04. The number of aryl methyl sites for hydroxylation is 2. The van der Waals surface area contributed by atoms with Crippen molar-refractivity contribution in [2.45, 2.75) is 33.6 Å². The molecule has 2 rings (SSSR count). The summed E-state index contributed by atoms with van der Waals surface area (Å²) in [4.78, 5) is 18.4. The van der Waals surface area contributed by atoms with Gasteiger partial charge in [0.2, 0.25) is 0 Å². The van der Waals surface area contributed by atoms with E-state index in [1.54, 1.807) is 0 Å². The third kappa shape index (κ3) is 2.70. The highest BCUT2D eigenvalue weighted by atomic mass is 16.4. The van der Waals surface area contributed by atoms with E-state index >= 15 is 0 Å². The molecule has 0 saturated carbocycles. The van der Waals surface area contributed by atoms with E-state index in [0.717, 1.165) is 16.9 Å². The molecule has 4 heteroatoms. The van der Waals surface area contributed by atoms with Crippen LogP contribution >= 0.6 is 0 Å². The molecule has 2 N–H and O–H groups in total. The van der Waals surface area contributed by atoms with Crippen LogP contribution in [0.4, 0.5) is 0 Å². The van der Waals surface area contributed by atoms with Crippen LogP contribution in [0.25, 0.3) is 11.0 Å². The molecule has 1 unspecified atom stereocenters. The van der Waals surface area contributed by atoms with Crippen LogP contribution in [0.1, 0.15) is 30.3 Å². The molecule has 96 valence electrons. The highest BCUT2D eigenvalue weighted by Crippen LogP contribution is 2.19. The fourth-order valence-electron chi connectivity index (χ4n) is 2.12. The third-order valence-corrected chi connectivity index (χ3v) is 3.21. The second kappa shape index (κ2) is 4.80. The number of benzene rings is 1. The molecular weight excluding hydrogens is 228 g/mol. The lowest BCUT2D eigenvalue weighted by atomic mass is 10.0. The Kier molecular flexibility index (Phi) is 3.36. The van der Waals surface area contributed by atoms with Crippen LogP contribution in [0.3, 0.4) is 0 Å². The monoisotopic (exact) mass is 246 g/mol. The van der Waals surface area contributed by atoms with Gasteiger partial charge in [-0.3, -0.25) is 4.79 Å². The molecule has 0 spiro atoms. The number of carboxylic acid groups (broad SMARTS) is 1. The van der Waals surface area contributed by atoms with E-state index in [0.29, 0.717) is 6.42 Å². The zero-order valence-electron chi connectivity index (χ0n) is 10.9. The number of carboxylic acids is 1. The number of imidazole rings is 1. The first-order chi connectivity index (χ1) is 8.45. The number of rotatable bonds is 4. The van der Waals surface area contributed by atoms with Crippen molar-refractivity contribution >= 4 is 17.0 Å². The predicted molar refractivity (Wildman–Crippen MR) is 70.7 cm³/mol. The quantitative estimate of drug-likeness (QED) is 0.871. The van der Waals surface area contributed by atoms with Crippen LogP contribution in [-0.4, -0.2) is 21.0 Å². The van der Waals surface area contributed by atoms with Crippen molar-refractivity contribution in [2.24, 2.45) is 5.92 Å². The molecule has 4 nitrogen and oxygen atoms in total. The van der Waals surface area contributed by atoms with Gasteiger partial charge in [0.1, 0.15) is 5.82 Å². The molecule has 0 aliphatic rings. The van der Waals surface area contributed by atoms with Crippen molar-refractivity contribution in [3.05, 3.63) is 29.1 Å². The number of hydrogen-bond donors (Lipinski definition) is 2. The van der Waals surface area contributed by atoms with E-state index in [-0.39, 0.29) is 12.3 Å². The molecule has 2 aromatic rings. The lowest BCUT2D eigenvalue weighted by molar-refractivity contribution is -0.137. The molecule has 18 heavy (non-hydrogen) atoms. The number of H-pyrrole nitrogens is 1. The van der Waals surface area contributed by atoms with Gasteiger partial charge in [-0.05, 0) is 43.0 Å². The van der Waals surface area contributed by atoms with Gasteiger partial charge >= 0.3 is 5.97 Å². The fourth-order valence-corrected chi connectivity index (χ4v) is 2.12. The standard InChI is InChI=1S/C14H18N2O2/c1-8(5-14(17)18)4-13-15-11-6-9(2)10(3)7-12(11)16-13/h6-8H,4-5H2,1-3H3,(H,15,16)(H,17,18). The zero-order chi connectivity index (χ0) is 13.3. The van der Waals surface area contributed by atoms with Crippen LogP contribution < -0.4 is 0 Å². The third-order valence-electron chi connectivity index (χ3n) is 3.21. The second-order valence-electron chi connectivity index (χ2n) is 5.04. The molecule has 0 radical (unpaired) electrons. The minimum absolute atomic E-state index is 0.0882. The SMILES string of the molecule is Cc1cc2nc(CC(C)CC(=O)O)[nH]c2cc1C. The molecule has 1 atom stereocenters. The zero-order valence-corrected chi connectivity index (χ0v) is 10.9. The number of aromatic nitrogens is 2. The summed E-state index contributed by atoms with van der Waals surface area (Å²) in [5.41, 5.74) is 4.43. The van der Waals surface area contributed by atoms with Crippen LogP contribution in [-0.2, 0) is 11.2 Å². The van der Waals surface area contributed by atoms with Crippen molar-refractivity contribution in [1.29, 1.82) is 0 Å². The van der Waals surface area contributed by atoms with Crippen molar-refractivity contribution in [2.75, 3.05) is 0 Å². The first kappa shape index (κ1) is 12.6. The maximum Gasteiger partial charge on any atom is 0.303 e. The van der Waals surface area contributed by atoms with Crippen molar-refractivity contribution < 1.29 is 9.90 Å². The van der Waals surface area contributed by atoms with Crippen LogP contribution in [0.5, 0.6) is 0 Å². The molecule has 1 aromatic heterocycles. The second-order valence-corrected chi connectivity index (χ2v) is 5.04. The van der Waals surface area contributed by atoms with Gasteiger partial charge in [-0.15, -0.1) is 0 Å². The van der Waals surface area contributed by atoms with Crippen molar-refractivity contribution in [3.63, 3.8) is 0 Å². The molecule has 1 aromatic carbocycles. The van der Waals surface area contributed by atoms with Gasteiger partial charge in [-0.1, -0.05) is 6.92 Å². The number of aliphatic carboxylic acids is 1. The highest BCUT2D eigenvalue weighted by molar-refractivity contribution is 5.77. The Morgan fingerprint density at radius 1 is 1.39 bits per heavy atom. The summed E-state index contributed by atoms with van der Waals surface area (Å²) in [5, 5.41) is 8.74. The van der Waals surface area contributed by atoms with Gasteiger partial charge in [-0.25, -0.2) is 4.98 Å². The number of nitrogens with one attached hydrogen (secondary N) is 1. The smallest absolute Gasteiger partial charge is 0.303 e. The number of hydrogen-bond acceptors (Lipinski definition) is 2. The van der Waals surface area contributed by atoms with Crippen LogP contribution in [0, 0.1) is 19.8 Å². The number of nitrogens with zero attached hydrogens (tertiary/aromatic N) is 1. The molecule has 1 heterocycles. The Hall–Kier alpha value is -1.84. The number of fused-ring (bicyclic) bond motifs is 1. The van der Waals surface area contributed by atoms with Crippen LogP contribution in [0.15, 0.2) is 12.1 Å². The number of aromatic amines is 1. The molecule has 0 fully saturated rings. The summed E-state index contributed by atoms with van der Waals surface area (Å²) in [6.07, 6.45) is 0.841. The summed E-state index contributed by atoms with van der Waals surface area (Å²) in [6, 6.07) is 4.15. The van der Waals surface area contributed by atoms with Gasteiger partial charge in [0.25, 0.3) is 0 Å². The van der Waals surface area contributed by atoms with Crippen molar-refractivity contribution in [3.8, 4) is 0 Å². The Morgan fingerprint density at radius 3 is 2.72 bits per heavy atom. The molecule has 0 amide bonds. The van der Waals surface area contributed by atoms with Crippen LogP contribution in [0.2, 0.25) is 0 Å². The first-order valence-electron chi connectivity index (χ1n) is 6.13. The minimum Gasteiger partial charge on any atom is -0.481 e. The van der Waals surface area contributed by atoms with E-state index in [4.69, 9.17) is 5.11 Å². The fraction of sp³-hybridized carbons (Fsp3) is 0.429. The Morgan fingerprint density at radius 2 is 2.06 bits per heavy atom. The molecule has 0 aliphatic carbocycles. The summed E-state index contributed by atoms with van der Waals surface area (Å²) in [6.45, 7) is 6.07. The van der Waals surface area contributed by atoms with Crippen molar-refractivity contribution in [1.82, 2.24) is 9.97 Å². The van der Waals surface area contributed by atoms with E-state index in [9.17, 15) is 4.79 Å². The average Bonchev–Trinajstić information content (AvgIpc) is 2.58. The Bertz CT molecular complexity index is 548. The number of carbonyl (C=O) groups is 1. The largest absolute Gasteiger partial charge is 0.481 e. The van der Waals surface area contributed by atoms with Gasteiger partial charge in [-0.2, -0.15) is 0 Å². The van der Waals surface area contributed by atoms with E-state index in [1.165, 1.54) is 11.1 Å². The summed E-state index contributed by atoms with van der Waals surface area (Å²) >= 11 is 0. The first-order valence-corrected chi connectivity index (χ1v) is 6.13. The van der Waals surface area contributed by atoms with Gasteiger partial charge in [0.15, 0.2) is 0 Å². The molecule has 0 saturated heterocycles. The van der Waals surface area contributed by atoms with E-state index < -0.39 is 5.97 Å². The Balaban J connectivity index is 2.22. The molecule has 0 bridgehead atoms. The molecular formula is C14H18N2O2. The topological polar surface area (TPSA) is 66.0 Å². The maximum atomic E-state index is 10.6. The summed E-state index contributed by atoms with van der Waals surface area (Å²) in [5.74, 6) is 0.194. The average molecular weight is 246 g/mol.